The standard InChI is InChI=1S/C51H83N7O8.C5H11NO2/c1-38(57-50(65)45(53)36-40-27-29-43(61)30-28-40)46(62)37-41(39(2)59)22-18-20-34-55-48(63)26-17-13-9-5-4-7-11-15-23-42(60)24-16-12-8-6-10-14-19-33-56-49(64)32-31-44(52)51(66)58-35-21-25-47(58)54-3;1-2-4(3-7)5(6)8/h27-30,38,41,44-45,47,61H,4-26,31-37,52-53H2,1-2H3,(H,55,63)(H,56,64)(H,57,65);4,7H,2-3H2,1H3,(H2,6,8)/t38-,41-,44+,45+,47+;4-/m10/s1. The van der Waals surface area contributed by atoms with Crippen molar-refractivity contribution in [1.82, 2.24) is 20.9 Å². The molecular formula is C56H94N8O10. The highest BCUT2D eigenvalue weighted by Gasteiger charge is 2.35. The number of aliphatic hydroxyl groups excluding tert-OH is 1. The van der Waals surface area contributed by atoms with E-state index in [1.807, 2.05) is 6.92 Å². The van der Waals surface area contributed by atoms with Gasteiger partial charge in [-0.1, -0.05) is 96.1 Å². The maximum absolute atomic E-state index is 12.9. The molecule has 0 spiro atoms. The molecule has 0 unspecified atom stereocenters. The summed E-state index contributed by atoms with van der Waals surface area (Å²) < 4.78 is 0. The van der Waals surface area contributed by atoms with E-state index in [1.165, 1.54) is 19.1 Å². The van der Waals surface area contributed by atoms with Crippen LogP contribution < -0.4 is 33.2 Å². The second-order valence-electron chi connectivity index (χ2n) is 20.1. The van der Waals surface area contributed by atoms with Crippen molar-refractivity contribution in [2.45, 2.75) is 225 Å². The van der Waals surface area contributed by atoms with E-state index in [0.717, 1.165) is 108 Å². The lowest BCUT2D eigenvalue weighted by atomic mass is 9.91. The molecule has 1 aliphatic rings. The number of phenols is 1. The molecular weight excluding hydrogens is 945 g/mol. The summed E-state index contributed by atoms with van der Waals surface area (Å²) in [7, 11) is 0. The number of nitrogens with two attached hydrogens (primary N) is 3. The van der Waals surface area contributed by atoms with E-state index in [0.29, 0.717) is 76.8 Å². The van der Waals surface area contributed by atoms with E-state index in [4.69, 9.17) is 28.9 Å². The summed E-state index contributed by atoms with van der Waals surface area (Å²) in [5, 5.41) is 26.4. The second kappa shape index (κ2) is 41.1. The molecule has 418 valence electrons. The van der Waals surface area contributed by atoms with Crippen LogP contribution >= 0.6 is 0 Å². The number of amides is 5. The minimum absolute atomic E-state index is 0.0302. The quantitative estimate of drug-likeness (QED) is 0.0262. The molecule has 1 fully saturated rings. The molecule has 1 saturated heterocycles. The molecule has 18 heteroatoms. The maximum Gasteiger partial charge on any atom is 0.300 e. The number of phenolic OH excluding ortho intramolecular Hbond substituents is 1. The number of aliphatic hydroxyl groups is 1. The molecule has 1 aromatic carbocycles. The monoisotopic (exact) mass is 1040 g/mol. The highest BCUT2D eigenvalue weighted by atomic mass is 16.3. The average molecular weight is 1040 g/mol. The van der Waals surface area contributed by atoms with Gasteiger partial charge < -0.3 is 43.4 Å². The number of nitrogens with zero attached hydrogens (tertiary/aromatic N) is 2. The van der Waals surface area contributed by atoms with Gasteiger partial charge >= 0.3 is 6.17 Å². The molecule has 0 radical (unpaired) electrons. The van der Waals surface area contributed by atoms with Crippen LogP contribution in [0.1, 0.15) is 200 Å². The molecule has 1 aromatic rings. The minimum atomic E-state index is -0.860. The molecule has 5 amide bonds. The highest BCUT2D eigenvalue weighted by molar-refractivity contribution is 5.93. The summed E-state index contributed by atoms with van der Waals surface area (Å²) in [6.45, 7) is 13.7. The first-order valence-corrected chi connectivity index (χ1v) is 27.7. The van der Waals surface area contributed by atoms with Gasteiger partial charge in [-0.15, -0.1) is 0 Å². The fourth-order valence-corrected chi connectivity index (χ4v) is 8.70. The van der Waals surface area contributed by atoms with Crippen LogP contribution in [0.4, 0.5) is 0 Å². The summed E-state index contributed by atoms with van der Waals surface area (Å²) >= 11 is 0. The van der Waals surface area contributed by atoms with Gasteiger partial charge in [0.1, 0.15) is 17.3 Å². The van der Waals surface area contributed by atoms with Crippen LogP contribution in [-0.2, 0) is 44.8 Å². The van der Waals surface area contributed by atoms with Crippen LogP contribution in [0.15, 0.2) is 24.3 Å². The van der Waals surface area contributed by atoms with Crippen LogP contribution in [0.5, 0.6) is 5.75 Å². The van der Waals surface area contributed by atoms with Crippen molar-refractivity contribution in [1.29, 1.82) is 0 Å². The summed E-state index contributed by atoms with van der Waals surface area (Å²) in [6, 6.07) is 4.02. The number of carbonyl (C=O) groups excluding carboxylic acids is 8. The van der Waals surface area contributed by atoms with Crippen molar-refractivity contribution >= 4 is 46.9 Å². The van der Waals surface area contributed by atoms with Crippen LogP contribution in [-0.4, -0.2) is 113 Å². The second-order valence-corrected chi connectivity index (χ2v) is 20.1. The van der Waals surface area contributed by atoms with Crippen LogP contribution in [0.25, 0.3) is 4.85 Å². The van der Waals surface area contributed by atoms with Gasteiger partial charge in [0.05, 0.1) is 30.7 Å². The molecule has 1 heterocycles. The van der Waals surface area contributed by atoms with E-state index in [-0.39, 0.29) is 73.2 Å². The van der Waals surface area contributed by atoms with E-state index < -0.39 is 42.0 Å². The normalized spacial score (nSPS) is 15.0. The smallest absolute Gasteiger partial charge is 0.300 e. The van der Waals surface area contributed by atoms with Gasteiger partial charge in [-0.25, -0.2) is 6.57 Å². The van der Waals surface area contributed by atoms with Crippen molar-refractivity contribution < 1.29 is 48.6 Å². The van der Waals surface area contributed by atoms with Crippen molar-refractivity contribution in [2.75, 3.05) is 26.2 Å². The molecule has 0 aliphatic carbocycles. The first kappa shape index (κ1) is 66.8. The van der Waals surface area contributed by atoms with Gasteiger partial charge in [-0.05, 0) is 95.8 Å². The topological polar surface area (TPSA) is 299 Å². The molecule has 0 bridgehead atoms. The molecule has 74 heavy (non-hydrogen) atoms. The SMILES string of the molecule is CC[C@@H](CO)C(N)=O.[C-]#[N+][C@@H]1CCCN1C(=O)[C@@H](N)CCC(=O)NCCCCCCCCCC(=O)CCCCCCCCCCC(=O)NCCCC[C@H](CC(=O)[C@@H](C)NC(=O)[C@@H](N)Cc1ccc(O)cc1)C(C)=O. The lowest BCUT2D eigenvalue weighted by Gasteiger charge is -2.20. The molecule has 18 nitrogen and oxygen atoms in total. The van der Waals surface area contributed by atoms with E-state index in [1.54, 1.807) is 24.0 Å². The number of Topliss-reactive ketones (excluding diaryl/α,β-unsaturated/α-hetero) is 3. The Morgan fingerprint density at radius 1 is 0.716 bits per heavy atom. The van der Waals surface area contributed by atoms with Gasteiger partial charge in [0, 0.05) is 64.1 Å². The Hall–Kier alpha value is -5.25. The van der Waals surface area contributed by atoms with Crippen molar-refractivity contribution in [3.63, 3.8) is 0 Å². The average Bonchev–Trinajstić information content (AvgIpc) is 3.86. The van der Waals surface area contributed by atoms with Crippen molar-refractivity contribution in [3.05, 3.63) is 41.2 Å². The number of likely N-dealkylation sites (tertiary alicyclic amines) is 1. The van der Waals surface area contributed by atoms with Gasteiger partial charge in [-0.2, -0.15) is 0 Å². The first-order valence-electron chi connectivity index (χ1n) is 27.7. The zero-order valence-electron chi connectivity index (χ0n) is 45.2. The largest absolute Gasteiger partial charge is 0.508 e. The molecule has 0 aromatic heterocycles. The third kappa shape index (κ3) is 31.5. The van der Waals surface area contributed by atoms with Crippen LogP contribution in [0, 0.1) is 18.4 Å². The summed E-state index contributed by atoms with van der Waals surface area (Å²) in [4.78, 5) is 102. The van der Waals surface area contributed by atoms with Crippen LogP contribution in [0.2, 0.25) is 0 Å². The predicted octanol–water partition coefficient (Wildman–Crippen LogP) is 6.39. The summed E-state index contributed by atoms with van der Waals surface area (Å²) in [5.41, 5.74) is 17.7. The van der Waals surface area contributed by atoms with Gasteiger partial charge in [0.25, 0.3) is 0 Å². The number of rotatable bonds is 41. The number of aromatic hydroxyl groups is 1. The van der Waals surface area contributed by atoms with E-state index in [9.17, 15) is 43.5 Å². The zero-order valence-corrected chi connectivity index (χ0v) is 45.2. The fourth-order valence-electron chi connectivity index (χ4n) is 8.70. The molecule has 2 rings (SSSR count). The Labute approximate surface area is 442 Å². The first-order chi connectivity index (χ1) is 35.4. The number of nitrogens with one attached hydrogen (secondary N) is 3. The molecule has 0 saturated carbocycles. The zero-order chi connectivity index (χ0) is 55.1. The summed E-state index contributed by atoms with van der Waals surface area (Å²) in [5.74, 6) is -1.79. The van der Waals surface area contributed by atoms with E-state index >= 15 is 0 Å². The number of ketones is 3. The van der Waals surface area contributed by atoms with Gasteiger partial charge in [0.15, 0.2) is 5.78 Å². The fraction of sp³-hybridized carbons (Fsp3) is 0.732. The third-order valence-electron chi connectivity index (χ3n) is 13.7. The van der Waals surface area contributed by atoms with Crippen molar-refractivity contribution in [3.8, 4) is 5.75 Å². The maximum atomic E-state index is 12.9. The molecule has 6 atom stereocenters. The summed E-state index contributed by atoms with van der Waals surface area (Å²) in [6.07, 6.45) is 21.9. The Morgan fingerprint density at radius 3 is 1.73 bits per heavy atom. The predicted molar refractivity (Wildman–Crippen MR) is 288 cm³/mol. The number of benzene rings is 1. The van der Waals surface area contributed by atoms with Crippen LogP contribution in [0.3, 0.4) is 0 Å². The minimum Gasteiger partial charge on any atom is -0.508 e. The van der Waals surface area contributed by atoms with Crippen molar-refractivity contribution in [2.24, 2.45) is 29.0 Å². The van der Waals surface area contributed by atoms with Gasteiger partial charge in [0.2, 0.25) is 29.5 Å². The Bertz CT molecular complexity index is 1850. The molecule has 1 aliphatic heterocycles. The number of hydrogen-bond donors (Lipinski definition) is 8. The number of carbonyl (C=O) groups is 8. The lowest BCUT2D eigenvalue weighted by molar-refractivity contribution is -0.133. The Kier molecular flexibility index (Phi) is 37.0. The Balaban J connectivity index is 0.00000314. The highest BCUT2D eigenvalue weighted by Crippen LogP contribution is 2.20. The lowest BCUT2D eigenvalue weighted by Crippen LogP contribution is -2.48. The number of unbranched alkanes of at least 4 members (excludes halogenated alkanes) is 14. The molecule has 11 N–H and O–H groups in total. The third-order valence-corrected chi connectivity index (χ3v) is 13.7. The van der Waals surface area contributed by atoms with E-state index in [2.05, 4.69) is 20.8 Å². The van der Waals surface area contributed by atoms with Gasteiger partial charge in [-0.3, -0.25) is 48.1 Å². The number of primary amides is 1. The number of hydrogen-bond acceptors (Lipinski definition) is 12. The Morgan fingerprint density at radius 2 is 1.23 bits per heavy atom.